The molecule has 0 atom stereocenters. The van der Waals surface area contributed by atoms with Gasteiger partial charge in [-0.25, -0.2) is 9.37 Å². The summed E-state index contributed by atoms with van der Waals surface area (Å²) in [6.45, 7) is 0.790. The highest BCUT2D eigenvalue weighted by Gasteiger charge is 2.30. The number of nitrogens with two attached hydrogens (primary N) is 1. The molecular formula is C19H17FN4O4. The maximum Gasteiger partial charge on any atom is 0.295 e. The van der Waals surface area contributed by atoms with Crippen molar-refractivity contribution in [1.29, 1.82) is 0 Å². The lowest BCUT2D eigenvalue weighted by Crippen LogP contribution is -2.38. The lowest BCUT2D eigenvalue weighted by atomic mass is 9.96. The molecule has 144 valence electrons. The highest BCUT2D eigenvalue weighted by Crippen LogP contribution is 2.32. The molecule has 1 aliphatic rings. The molecule has 2 heterocycles. The van der Waals surface area contributed by atoms with Gasteiger partial charge in [-0.3, -0.25) is 14.9 Å². The lowest BCUT2D eigenvalue weighted by molar-refractivity contribution is -0.384. The van der Waals surface area contributed by atoms with E-state index in [4.69, 9.17) is 10.2 Å². The first kappa shape index (κ1) is 17.9. The summed E-state index contributed by atoms with van der Waals surface area (Å²) in [7, 11) is 0. The SMILES string of the molecule is Nc1c(C(=O)N2CCC(c3nc4ccccc4o3)CC2)cc(F)cc1[N+](=O)[O-]. The number of halogens is 1. The Labute approximate surface area is 158 Å². The van der Waals surface area contributed by atoms with E-state index in [0.29, 0.717) is 37.9 Å². The van der Waals surface area contributed by atoms with Crippen LogP contribution in [0, 0.1) is 15.9 Å². The van der Waals surface area contributed by atoms with Gasteiger partial charge < -0.3 is 15.1 Å². The second-order valence-corrected chi connectivity index (χ2v) is 6.73. The topological polar surface area (TPSA) is 116 Å². The van der Waals surface area contributed by atoms with E-state index >= 15 is 0 Å². The van der Waals surface area contributed by atoms with E-state index < -0.39 is 22.3 Å². The molecule has 0 bridgehead atoms. The van der Waals surface area contributed by atoms with E-state index in [0.717, 1.165) is 17.2 Å². The summed E-state index contributed by atoms with van der Waals surface area (Å²) in [6.07, 6.45) is 1.24. The van der Waals surface area contributed by atoms with Crippen molar-refractivity contribution >= 4 is 28.4 Å². The number of amides is 1. The average Bonchev–Trinajstić information content (AvgIpc) is 3.13. The second-order valence-electron chi connectivity index (χ2n) is 6.73. The normalized spacial score (nSPS) is 15.1. The van der Waals surface area contributed by atoms with Gasteiger partial charge >= 0.3 is 0 Å². The van der Waals surface area contributed by atoms with Crippen LogP contribution in [0.15, 0.2) is 40.8 Å². The molecular weight excluding hydrogens is 367 g/mol. The molecule has 1 aliphatic heterocycles. The van der Waals surface area contributed by atoms with Crippen LogP contribution in [0.4, 0.5) is 15.8 Å². The van der Waals surface area contributed by atoms with Gasteiger partial charge in [-0.05, 0) is 31.0 Å². The molecule has 1 saturated heterocycles. The maximum absolute atomic E-state index is 13.7. The largest absolute Gasteiger partial charge is 0.440 e. The number of nitro benzene ring substituents is 1. The van der Waals surface area contributed by atoms with Crippen molar-refractivity contribution in [3.8, 4) is 0 Å². The first-order valence-corrected chi connectivity index (χ1v) is 8.82. The Kier molecular flexibility index (Phi) is 4.42. The van der Waals surface area contributed by atoms with Crippen LogP contribution in [0.25, 0.3) is 11.1 Å². The van der Waals surface area contributed by atoms with E-state index in [1.165, 1.54) is 4.90 Å². The summed E-state index contributed by atoms with van der Waals surface area (Å²) in [4.78, 5) is 29.0. The molecule has 0 saturated carbocycles. The fraction of sp³-hybridized carbons (Fsp3) is 0.263. The second kappa shape index (κ2) is 6.91. The fourth-order valence-electron chi connectivity index (χ4n) is 3.50. The van der Waals surface area contributed by atoms with Crippen molar-refractivity contribution in [2.24, 2.45) is 0 Å². The van der Waals surface area contributed by atoms with Crippen LogP contribution >= 0.6 is 0 Å². The zero-order chi connectivity index (χ0) is 19.8. The number of oxazole rings is 1. The molecule has 4 rings (SSSR count). The molecule has 0 aliphatic carbocycles. The van der Waals surface area contributed by atoms with E-state index in [-0.39, 0.29) is 17.2 Å². The number of likely N-dealkylation sites (tertiary alicyclic amines) is 1. The fourth-order valence-corrected chi connectivity index (χ4v) is 3.50. The molecule has 1 fully saturated rings. The molecule has 0 radical (unpaired) electrons. The summed E-state index contributed by atoms with van der Waals surface area (Å²) in [5, 5.41) is 11.0. The Hall–Kier alpha value is -3.49. The van der Waals surface area contributed by atoms with Crippen molar-refractivity contribution in [2.75, 3.05) is 18.8 Å². The molecule has 0 unspecified atom stereocenters. The molecule has 2 aromatic carbocycles. The highest BCUT2D eigenvalue weighted by molar-refractivity contribution is 6.01. The predicted octanol–water partition coefficient (Wildman–Crippen LogP) is 3.48. The van der Waals surface area contributed by atoms with Gasteiger partial charge in [-0.2, -0.15) is 0 Å². The van der Waals surface area contributed by atoms with Crippen LogP contribution in [0.1, 0.15) is 35.0 Å². The molecule has 3 aromatic rings. The molecule has 28 heavy (non-hydrogen) atoms. The zero-order valence-electron chi connectivity index (χ0n) is 14.8. The van der Waals surface area contributed by atoms with Gasteiger partial charge in [0.05, 0.1) is 16.6 Å². The standard InChI is InChI=1S/C19H17FN4O4/c20-12-9-13(17(21)15(10-12)24(26)27)19(25)23-7-5-11(6-8-23)18-22-14-3-1-2-4-16(14)28-18/h1-4,9-11H,5-8,21H2. The zero-order valence-corrected chi connectivity index (χ0v) is 14.8. The third kappa shape index (κ3) is 3.15. The monoisotopic (exact) mass is 384 g/mol. The van der Waals surface area contributed by atoms with Crippen LogP contribution in [0.5, 0.6) is 0 Å². The van der Waals surface area contributed by atoms with E-state index in [2.05, 4.69) is 4.98 Å². The number of rotatable bonds is 3. The van der Waals surface area contributed by atoms with E-state index in [9.17, 15) is 19.3 Å². The van der Waals surface area contributed by atoms with Crippen LogP contribution in [0.2, 0.25) is 0 Å². The number of anilines is 1. The van der Waals surface area contributed by atoms with Gasteiger partial charge in [0.15, 0.2) is 11.5 Å². The Balaban J connectivity index is 1.51. The van der Waals surface area contributed by atoms with Crippen LogP contribution in [0.3, 0.4) is 0 Å². The Morgan fingerprint density at radius 1 is 1.29 bits per heavy atom. The summed E-state index contributed by atoms with van der Waals surface area (Å²) < 4.78 is 19.5. The summed E-state index contributed by atoms with van der Waals surface area (Å²) in [5.74, 6) is -0.688. The quantitative estimate of drug-likeness (QED) is 0.420. The number of para-hydroxylation sites is 2. The van der Waals surface area contributed by atoms with Crippen LogP contribution in [-0.2, 0) is 0 Å². The minimum absolute atomic E-state index is 0.0654. The molecule has 0 spiro atoms. The van der Waals surface area contributed by atoms with Crippen molar-refractivity contribution in [3.05, 3.63) is 63.8 Å². The number of hydrogen-bond donors (Lipinski definition) is 1. The van der Waals surface area contributed by atoms with Crippen molar-refractivity contribution in [1.82, 2.24) is 9.88 Å². The van der Waals surface area contributed by atoms with Gasteiger partial charge in [-0.1, -0.05) is 12.1 Å². The first-order valence-electron chi connectivity index (χ1n) is 8.82. The van der Waals surface area contributed by atoms with Crippen molar-refractivity contribution in [2.45, 2.75) is 18.8 Å². The van der Waals surface area contributed by atoms with E-state index in [1.807, 2.05) is 24.3 Å². The molecule has 8 nitrogen and oxygen atoms in total. The van der Waals surface area contributed by atoms with Gasteiger partial charge in [0.2, 0.25) is 0 Å². The van der Waals surface area contributed by atoms with Gasteiger partial charge in [0, 0.05) is 19.0 Å². The number of carbonyl (C=O) groups is 1. The van der Waals surface area contributed by atoms with E-state index in [1.54, 1.807) is 0 Å². The van der Waals surface area contributed by atoms with Gasteiger partial charge in [-0.15, -0.1) is 0 Å². The summed E-state index contributed by atoms with van der Waals surface area (Å²) >= 11 is 0. The minimum atomic E-state index is -0.870. The van der Waals surface area contributed by atoms with Gasteiger partial charge in [0.25, 0.3) is 11.6 Å². The van der Waals surface area contributed by atoms with Crippen LogP contribution < -0.4 is 5.73 Å². The lowest BCUT2D eigenvalue weighted by Gasteiger charge is -2.30. The molecule has 2 N–H and O–H groups in total. The number of nitrogens with zero attached hydrogens (tertiary/aromatic N) is 3. The number of aromatic nitrogens is 1. The summed E-state index contributed by atoms with van der Waals surface area (Å²) in [5.41, 5.74) is 6.13. The Bertz CT molecular complexity index is 1040. The Morgan fingerprint density at radius 3 is 2.68 bits per heavy atom. The number of nitrogen functional groups attached to an aromatic ring is 1. The Morgan fingerprint density at radius 2 is 2.00 bits per heavy atom. The minimum Gasteiger partial charge on any atom is -0.440 e. The number of piperidine rings is 1. The molecule has 1 amide bonds. The number of nitro groups is 1. The van der Waals surface area contributed by atoms with Crippen molar-refractivity contribution < 1.29 is 18.5 Å². The average molecular weight is 384 g/mol. The third-order valence-corrected chi connectivity index (χ3v) is 4.99. The molecule has 9 heteroatoms. The first-order chi connectivity index (χ1) is 13.4. The highest BCUT2D eigenvalue weighted by atomic mass is 19.1. The smallest absolute Gasteiger partial charge is 0.295 e. The number of carbonyl (C=O) groups excluding carboxylic acids is 1. The number of benzene rings is 2. The number of fused-ring (bicyclic) bond motifs is 1. The predicted molar refractivity (Wildman–Crippen MR) is 99.4 cm³/mol. The van der Waals surface area contributed by atoms with Crippen LogP contribution in [-0.4, -0.2) is 33.8 Å². The summed E-state index contributed by atoms with van der Waals surface area (Å²) in [6, 6.07) is 9.15. The van der Waals surface area contributed by atoms with Crippen molar-refractivity contribution in [3.63, 3.8) is 0 Å². The molecule has 1 aromatic heterocycles. The maximum atomic E-state index is 13.7. The van der Waals surface area contributed by atoms with Gasteiger partial charge in [0.1, 0.15) is 17.0 Å². The third-order valence-electron chi connectivity index (χ3n) is 4.99. The number of hydrogen-bond acceptors (Lipinski definition) is 6.